The first-order chi connectivity index (χ1) is 18.4. The number of sulfonamides is 1. The Bertz CT molecular complexity index is 1430. The van der Waals surface area contributed by atoms with E-state index in [0.29, 0.717) is 48.2 Å². The van der Waals surface area contributed by atoms with Crippen molar-refractivity contribution >= 4 is 38.1 Å². The van der Waals surface area contributed by atoms with Crippen LogP contribution in [-0.4, -0.2) is 39.6 Å². The number of benzene rings is 3. The number of nitrogens with zero attached hydrogens (tertiary/aromatic N) is 1. The van der Waals surface area contributed by atoms with E-state index in [-0.39, 0.29) is 10.8 Å². The molecule has 38 heavy (non-hydrogen) atoms. The van der Waals surface area contributed by atoms with Gasteiger partial charge in [0.1, 0.15) is 5.75 Å². The number of rotatable bonds is 13. The summed E-state index contributed by atoms with van der Waals surface area (Å²) in [5.41, 5.74) is 2.97. The Hall–Kier alpha value is -3.73. The molecule has 4 rings (SSSR count). The molecule has 0 aliphatic heterocycles. The van der Waals surface area contributed by atoms with E-state index in [9.17, 15) is 13.2 Å². The van der Waals surface area contributed by atoms with E-state index in [0.717, 1.165) is 17.5 Å². The number of carbonyl (C=O) groups excluding carboxylic acids is 1. The molecule has 0 saturated heterocycles. The van der Waals surface area contributed by atoms with Gasteiger partial charge in [-0.25, -0.2) is 13.4 Å². The Kier molecular flexibility index (Phi) is 9.47. The highest BCUT2D eigenvalue weighted by Gasteiger charge is 2.14. The fraction of sp³-hybridized carbons (Fsp3) is 0.214. The number of anilines is 2. The van der Waals surface area contributed by atoms with Crippen LogP contribution in [0.4, 0.5) is 10.8 Å². The topological polar surface area (TPSA) is 107 Å². The zero-order valence-corrected chi connectivity index (χ0v) is 22.6. The summed E-state index contributed by atoms with van der Waals surface area (Å²) >= 11 is 1.35. The smallest absolute Gasteiger partial charge is 0.261 e. The van der Waals surface area contributed by atoms with Gasteiger partial charge in [-0.3, -0.25) is 14.8 Å². The van der Waals surface area contributed by atoms with Gasteiger partial charge in [-0.15, -0.1) is 11.3 Å². The van der Waals surface area contributed by atoms with Crippen molar-refractivity contribution < 1.29 is 22.7 Å². The summed E-state index contributed by atoms with van der Waals surface area (Å²) in [6, 6.07) is 21.1. The van der Waals surface area contributed by atoms with Crippen molar-refractivity contribution in [2.24, 2.45) is 0 Å². The molecular formula is C28H29N3O5S2. The molecule has 8 nitrogen and oxygen atoms in total. The van der Waals surface area contributed by atoms with Gasteiger partial charge in [0.05, 0.1) is 11.5 Å². The van der Waals surface area contributed by atoms with E-state index < -0.39 is 10.0 Å². The molecule has 1 amide bonds. The second-order valence-electron chi connectivity index (χ2n) is 8.47. The van der Waals surface area contributed by atoms with Crippen molar-refractivity contribution in [3.05, 3.63) is 101 Å². The number of ether oxygens (including phenoxy) is 2. The SMILES string of the molecule is COCCCOc1cc(CCc2ccc(NS(=O)(=O)c3ccccc3)cc2)cc(C(=O)Nc2nccs2)c1. The summed E-state index contributed by atoms with van der Waals surface area (Å²) in [6.45, 7) is 1.07. The second-order valence-corrected chi connectivity index (χ2v) is 11.0. The molecule has 2 N–H and O–H groups in total. The second kappa shape index (κ2) is 13.2. The minimum Gasteiger partial charge on any atom is -0.493 e. The Morgan fingerprint density at radius 3 is 2.42 bits per heavy atom. The maximum Gasteiger partial charge on any atom is 0.261 e. The van der Waals surface area contributed by atoms with E-state index in [4.69, 9.17) is 9.47 Å². The summed E-state index contributed by atoms with van der Waals surface area (Å²) in [4.78, 5) is 17.2. The third-order valence-corrected chi connectivity index (χ3v) is 7.69. The molecule has 0 spiro atoms. The number of amides is 1. The normalized spacial score (nSPS) is 11.2. The molecular weight excluding hydrogens is 522 g/mol. The minimum atomic E-state index is -3.64. The van der Waals surface area contributed by atoms with Gasteiger partial charge >= 0.3 is 0 Å². The van der Waals surface area contributed by atoms with E-state index in [2.05, 4.69) is 15.0 Å². The number of methoxy groups -OCH3 is 1. The highest BCUT2D eigenvalue weighted by molar-refractivity contribution is 7.92. The molecule has 0 radical (unpaired) electrons. The van der Waals surface area contributed by atoms with Crippen LogP contribution in [0.5, 0.6) is 5.75 Å². The van der Waals surface area contributed by atoms with Crippen molar-refractivity contribution in [3.63, 3.8) is 0 Å². The Morgan fingerprint density at radius 2 is 1.71 bits per heavy atom. The molecule has 0 aliphatic carbocycles. The van der Waals surface area contributed by atoms with E-state index in [1.54, 1.807) is 67.2 Å². The molecule has 10 heteroatoms. The van der Waals surface area contributed by atoms with Crippen molar-refractivity contribution in [1.29, 1.82) is 0 Å². The molecule has 3 aromatic carbocycles. The average molecular weight is 552 g/mol. The first-order valence-electron chi connectivity index (χ1n) is 12.1. The fourth-order valence-electron chi connectivity index (χ4n) is 3.71. The van der Waals surface area contributed by atoms with Crippen molar-refractivity contribution in [3.8, 4) is 5.75 Å². The van der Waals surface area contributed by atoms with Crippen molar-refractivity contribution in [1.82, 2.24) is 4.98 Å². The Labute approximate surface area is 226 Å². The third-order valence-electron chi connectivity index (χ3n) is 5.60. The van der Waals surface area contributed by atoms with Crippen LogP contribution in [0.3, 0.4) is 0 Å². The molecule has 0 atom stereocenters. The third kappa shape index (κ3) is 7.88. The van der Waals surface area contributed by atoms with Gasteiger partial charge in [0.15, 0.2) is 5.13 Å². The van der Waals surface area contributed by atoms with Crippen molar-refractivity contribution in [2.75, 3.05) is 30.4 Å². The van der Waals surface area contributed by atoms with Crippen LogP contribution in [0.15, 0.2) is 89.3 Å². The predicted molar refractivity (Wildman–Crippen MR) is 150 cm³/mol. The number of aryl methyl sites for hydroxylation is 2. The van der Waals surface area contributed by atoms with Crippen LogP contribution in [-0.2, 0) is 27.6 Å². The van der Waals surface area contributed by atoms with Crippen LogP contribution < -0.4 is 14.8 Å². The predicted octanol–water partition coefficient (Wildman–Crippen LogP) is 5.40. The quantitative estimate of drug-likeness (QED) is 0.216. The van der Waals surface area contributed by atoms with Crippen molar-refractivity contribution in [2.45, 2.75) is 24.2 Å². The van der Waals surface area contributed by atoms with Gasteiger partial charge in [-0.1, -0.05) is 30.3 Å². The van der Waals surface area contributed by atoms with Gasteiger partial charge in [0, 0.05) is 43.0 Å². The van der Waals surface area contributed by atoms with Gasteiger partial charge in [-0.2, -0.15) is 0 Å². The molecule has 1 aromatic heterocycles. The summed E-state index contributed by atoms with van der Waals surface area (Å²) in [5.74, 6) is 0.368. The number of aromatic nitrogens is 1. The minimum absolute atomic E-state index is 0.211. The summed E-state index contributed by atoms with van der Waals surface area (Å²) in [5, 5.41) is 5.15. The number of nitrogens with one attached hydrogen (secondary N) is 2. The zero-order chi connectivity index (χ0) is 26.8. The largest absolute Gasteiger partial charge is 0.493 e. The van der Waals surface area contributed by atoms with Gasteiger partial charge in [-0.05, 0) is 66.4 Å². The fourth-order valence-corrected chi connectivity index (χ4v) is 5.31. The van der Waals surface area contributed by atoms with E-state index in [1.807, 2.05) is 24.3 Å². The monoisotopic (exact) mass is 551 g/mol. The van der Waals surface area contributed by atoms with Gasteiger partial charge < -0.3 is 9.47 Å². The van der Waals surface area contributed by atoms with Crippen LogP contribution in [0.2, 0.25) is 0 Å². The molecule has 0 fully saturated rings. The van der Waals surface area contributed by atoms with Gasteiger partial charge in [0.25, 0.3) is 15.9 Å². The summed E-state index contributed by atoms with van der Waals surface area (Å²) in [6.07, 6.45) is 3.74. The molecule has 0 aliphatic rings. The summed E-state index contributed by atoms with van der Waals surface area (Å²) in [7, 11) is -2.00. The highest BCUT2D eigenvalue weighted by atomic mass is 32.2. The van der Waals surface area contributed by atoms with Crippen LogP contribution >= 0.6 is 11.3 Å². The Morgan fingerprint density at radius 1 is 0.947 bits per heavy atom. The standard InChI is InChI=1S/C28H29N3O5S2/c1-35-15-5-16-36-25-19-22(18-23(20-25)27(32)30-28-29-14-17-37-28)9-8-21-10-12-24(13-11-21)31-38(33,34)26-6-3-2-4-7-26/h2-4,6-7,10-14,17-20,31H,5,8-9,15-16H2,1H3,(H,29,30,32). The van der Waals surface area contributed by atoms with Crippen LogP contribution in [0.25, 0.3) is 0 Å². The highest BCUT2D eigenvalue weighted by Crippen LogP contribution is 2.22. The van der Waals surface area contributed by atoms with E-state index >= 15 is 0 Å². The Balaban J connectivity index is 1.43. The number of thiazole rings is 1. The maximum atomic E-state index is 12.8. The number of hydrogen-bond donors (Lipinski definition) is 2. The maximum absolute atomic E-state index is 12.8. The molecule has 0 bridgehead atoms. The number of hydrogen-bond acceptors (Lipinski definition) is 7. The van der Waals surface area contributed by atoms with E-state index in [1.165, 1.54) is 11.3 Å². The lowest BCUT2D eigenvalue weighted by Gasteiger charge is -2.12. The lowest BCUT2D eigenvalue weighted by molar-refractivity contribution is 0.102. The first kappa shape index (κ1) is 27.3. The molecule has 0 saturated carbocycles. The lowest BCUT2D eigenvalue weighted by Crippen LogP contribution is -2.13. The van der Waals surface area contributed by atoms with Gasteiger partial charge in [0.2, 0.25) is 0 Å². The number of carbonyl (C=O) groups is 1. The van der Waals surface area contributed by atoms with Crippen LogP contribution in [0.1, 0.15) is 27.9 Å². The zero-order valence-electron chi connectivity index (χ0n) is 20.9. The molecule has 1 heterocycles. The first-order valence-corrected chi connectivity index (χ1v) is 14.4. The van der Waals surface area contributed by atoms with Crippen LogP contribution in [0, 0.1) is 0 Å². The lowest BCUT2D eigenvalue weighted by atomic mass is 10.0. The molecule has 198 valence electrons. The average Bonchev–Trinajstić information content (AvgIpc) is 3.44. The molecule has 4 aromatic rings. The molecule has 0 unspecified atom stereocenters. The summed E-state index contributed by atoms with van der Waals surface area (Å²) < 4.78 is 38.7.